The lowest BCUT2D eigenvalue weighted by Gasteiger charge is -2.38. The van der Waals surface area contributed by atoms with E-state index in [0.29, 0.717) is 25.9 Å². The van der Waals surface area contributed by atoms with Crippen molar-refractivity contribution < 1.29 is 23.9 Å². The predicted molar refractivity (Wildman–Crippen MR) is 79.7 cm³/mol. The van der Waals surface area contributed by atoms with Crippen molar-refractivity contribution in [2.45, 2.75) is 51.2 Å². The van der Waals surface area contributed by atoms with Gasteiger partial charge in [-0.25, -0.2) is 9.59 Å². The van der Waals surface area contributed by atoms with Gasteiger partial charge in [0.2, 0.25) is 0 Å². The lowest BCUT2D eigenvalue weighted by atomic mass is 9.88. The van der Waals surface area contributed by atoms with E-state index in [0.717, 1.165) is 6.42 Å². The maximum absolute atomic E-state index is 12.2. The highest BCUT2D eigenvalue weighted by molar-refractivity contribution is 6.37. The van der Waals surface area contributed by atoms with Gasteiger partial charge in [-0.3, -0.25) is 0 Å². The molecule has 0 bridgehead atoms. The van der Waals surface area contributed by atoms with E-state index < -0.39 is 17.2 Å². The van der Waals surface area contributed by atoms with E-state index in [-0.39, 0.29) is 17.9 Å². The molecule has 1 saturated heterocycles. The zero-order valence-electron chi connectivity index (χ0n) is 13.1. The molecule has 1 amide bonds. The highest BCUT2D eigenvalue weighted by Crippen LogP contribution is 2.34. The number of rotatable bonds is 2. The Bertz CT molecular complexity index is 488. The van der Waals surface area contributed by atoms with Crippen molar-refractivity contribution >= 4 is 29.4 Å². The van der Waals surface area contributed by atoms with Crippen molar-refractivity contribution in [3.63, 3.8) is 0 Å². The lowest BCUT2D eigenvalue weighted by Crippen LogP contribution is -2.51. The van der Waals surface area contributed by atoms with Crippen LogP contribution in [0.15, 0.2) is 5.16 Å². The van der Waals surface area contributed by atoms with Crippen molar-refractivity contribution in [1.82, 2.24) is 4.90 Å². The van der Waals surface area contributed by atoms with Crippen molar-refractivity contribution in [2.24, 2.45) is 5.16 Å². The Morgan fingerprint density at radius 1 is 1.45 bits per heavy atom. The third kappa shape index (κ3) is 4.03. The molecule has 0 N–H and O–H groups in total. The van der Waals surface area contributed by atoms with Crippen LogP contribution in [0.4, 0.5) is 4.79 Å². The molecular weight excluding hydrogens is 312 g/mol. The Morgan fingerprint density at radius 2 is 2.18 bits per heavy atom. The maximum Gasteiger partial charge on any atom is 0.410 e. The first-order valence-corrected chi connectivity index (χ1v) is 7.74. The summed E-state index contributed by atoms with van der Waals surface area (Å²) in [6.45, 7) is 6.39. The number of hydrogen-bond donors (Lipinski definition) is 0. The van der Waals surface area contributed by atoms with E-state index in [9.17, 15) is 9.59 Å². The molecule has 0 aliphatic carbocycles. The number of ether oxygens (including phenoxy) is 2. The Balaban J connectivity index is 1.97. The Hall–Kier alpha value is -1.50. The highest BCUT2D eigenvalue weighted by Gasteiger charge is 2.46. The molecule has 1 fully saturated rings. The number of nitrogens with zero attached hydrogens (tertiary/aromatic N) is 2. The fourth-order valence-corrected chi connectivity index (χ4v) is 2.66. The van der Waals surface area contributed by atoms with Gasteiger partial charge < -0.3 is 19.2 Å². The zero-order valence-corrected chi connectivity index (χ0v) is 13.8. The third-order valence-electron chi connectivity index (χ3n) is 3.45. The molecule has 124 valence electrons. The summed E-state index contributed by atoms with van der Waals surface area (Å²) in [6.07, 6.45) is 1.40. The molecule has 2 rings (SSSR count). The molecular formula is C14H21ClN2O5. The van der Waals surface area contributed by atoms with Crippen LogP contribution in [0.2, 0.25) is 0 Å². The monoisotopic (exact) mass is 332 g/mol. The summed E-state index contributed by atoms with van der Waals surface area (Å²) in [5.41, 5.74) is -1.02. The molecule has 7 nitrogen and oxygen atoms in total. The molecule has 2 aliphatic heterocycles. The summed E-state index contributed by atoms with van der Waals surface area (Å²) >= 11 is 5.37. The van der Waals surface area contributed by atoms with Crippen molar-refractivity contribution in [3.05, 3.63) is 0 Å². The van der Waals surface area contributed by atoms with E-state index in [1.165, 1.54) is 0 Å². The van der Waals surface area contributed by atoms with Crippen LogP contribution in [-0.2, 0) is 19.1 Å². The van der Waals surface area contributed by atoms with Crippen LogP contribution >= 0.6 is 11.6 Å². The molecule has 8 heteroatoms. The zero-order chi connectivity index (χ0) is 16.4. The number of likely N-dealkylation sites (tertiary alicyclic amines) is 1. The van der Waals surface area contributed by atoms with Gasteiger partial charge in [0, 0.05) is 13.0 Å². The minimum atomic E-state index is -0.671. The van der Waals surface area contributed by atoms with Gasteiger partial charge in [0.05, 0.1) is 6.54 Å². The average Bonchev–Trinajstić information content (AvgIpc) is 2.81. The summed E-state index contributed by atoms with van der Waals surface area (Å²) in [5.74, 6) is -0.582. The average molecular weight is 333 g/mol. The van der Waals surface area contributed by atoms with E-state index in [4.69, 9.17) is 25.9 Å². The number of alkyl halides is 1. The number of carbonyl (C=O) groups is 2. The van der Waals surface area contributed by atoms with Crippen molar-refractivity contribution in [2.75, 3.05) is 19.2 Å². The minimum Gasteiger partial charge on any atom is -0.445 e. The van der Waals surface area contributed by atoms with Crippen LogP contribution in [0.5, 0.6) is 0 Å². The molecule has 1 unspecified atom stereocenters. The van der Waals surface area contributed by atoms with Gasteiger partial charge in [-0.15, -0.1) is 0 Å². The lowest BCUT2D eigenvalue weighted by molar-refractivity contribution is -0.133. The smallest absolute Gasteiger partial charge is 0.410 e. The first kappa shape index (κ1) is 16.9. The molecule has 0 aromatic heterocycles. The van der Waals surface area contributed by atoms with Gasteiger partial charge >= 0.3 is 12.1 Å². The number of hydrogen-bond acceptors (Lipinski definition) is 6. The normalized spacial score (nSPS) is 24.7. The van der Waals surface area contributed by atoms with Crippen molar-refractivity contribution in [1.29, 1.82) is 0 Å². The SMILES string of the molecule is CC(C)(C)OC(=O)N1CCCC2(CC(C(=O)OCCl)=NO2)C1. The van der Waals surface area contributed by atoms with E-state index >= 15 is 0 Å². The van der Waals surface area contributed by atoms with Gasteiger partial charge in [-0.2, -0.15) is 0 Å². The summed E-state index contributed by atoms with van der Waals surface area (Å²) in [6, 6.07) is -0.227. The third-order valence-corrected chi connectivity index (χ3v) is 3.56. The largest absolute Gasteiger partial charge is 0.445 e. The number of amides is 1. The molecule has 0 aromatic carbocycles. The summed E-state index contributed by atoms with van der Waals surface area (Å²) < 4.78 is 10.1. The fourth-order valence-electron chi connectivity index (χ4n) is 2.56. The van der Waals surface area contributed by atoms with E-state index in [1.807, 2.05) is 20.8 Å². The fraction of sp³-hybridized carbons (Fsp3) is 0.786. The predicted octanol–water partition coefficient (Wildman–Crippen LogP) is 2.27. The second-order valence-corrected chi connectivity index (χ2v) is 6.75. The Kier molecular flexibility index (Phi) is 4.84. The van der Waals surface area contributed by atoms with Crippen LogP contribution in [-0.4, -0.2) is 53.0 Å². The number of oxime groups is 1. The van der Waals surface area contributed by atoms with Gasteiger partial charge in [0.25, 0.3) is 0 Å². The molecule has 1 spiro atoms. The van der Waals surface area contributed by atoms with Crippen LogP contribution in [0.1, 0.15) is 40.0 Å². The topological polar surface area (TPSA) is 77.4 Å². The van der Waals surface area contributed by atoms with E-state index in [2.05, 4.69) is 5.16 Å². The van der Waals surface area contributed by atoms with Gasteiger partial charge in [0.1, 0.15) is 5.60 Å². The number of piperidine rings is 1. The Labute approximate surface area is 134 Å². The molecule has 2 heterocycles. The summed E-state index contributed by atoms with van der Waals surface area (Å²) in [7, 11) is 0. The second kappa shape index (κ2) is 6.32. The first-order chi connectivity index (χ1) is 10.2. The van der Waals surface area contributed by atoms with Crippen LogP contribution < -0.4 is 0 Å². The molecule has 1 atom stereocenters. The molecule has 0 saturated carbocycles. The first-order valence-electron chi connectivity index (χ1n) is 7.21. The summed E-state index contributed by atoms with van der Waals surface area (Å²) in [5, 5.41) is 3.80. The molecule has 2 aliphatic rings. The number of esters is 1. The van der Waals surface area contributed by atoms with Gasteiger partial charge in [0.15, 0.2) is 17.4 Å². The van der Waals surface area contributed by atoms with Gasteiger partial charge in [-0.1, -0.05) is 16.8 Å². The Morgan fingerprint density at radius 3 is 2.82 bits per heavy atom. The maximum atomic E-state index is 12.2. The highest BCUT2D eigenvalue weighted by atomic mass is 35.5. The quantitative estimate of drug-likeness (QED) is 0.572. The molecule has 22 heavy (non-hydrogen) atoms. The number of carbonyl (C=O) groups excluding carboxylic acids is 2. The second-order valence-electron chi connectivity index (χ2n) is 6.54. The summed E-state index contributed by atoms with van der Waals surface area (Å²) in [4.78, 5) is 30.9. The van der Waals surface area contributed by atoms with E-state index in [1.54, 1.807) is 4.90 Å². The van der Waals surface area contributed by atoms with Crippen LogP contribution in [0, 0.1) is 0 Å². The van der Waals surface area contributed by atoms with Gasteiger partial charge in [-0.05, 0) is 33.6 Å². The van der Waals surface area contributed by atoms with Crippen molar-refractivity contribution in [3.8, 4) is 0 Å². The minimum absolute atomic E-state index is 0.201. The number of halogens is 1. The molecule has 0 radical (unpaired) electrons. The molecule has 0 aromatic rings. The van der Waals surface area contributed by atoms with Crippen LogP contribution in [0.3, 0.4) is 0 Å². The standard InChI is InChI=1S/C14H21ClN2O5/c1-13(2,3)21-12(19)17-6-4-5-14(8-17)7-10(16-22-14)11(18)20-9-15/h4-9H2,1-3H3. The van der Waals surface area contributed by atoms with Crippen LogP contribution in [0.25, 0.3) is 0 Å².